The molecule has 2 aromatic carbocycles. The summed E-state index contributed by atoms with van der Waals surface area (Å²) in [6.07, 6.45) is 2.88. The first kappa shape index (κ1) is 20.3. The molecule has 0 fully saturated rings. The summed E-state index contributed by atoms with van der Waals surface area (Å²) in [7, 11) is 1.51. The fourth-order valence-electron chi connectivity index (χ4n) is 2.56. The lowest BCUT2D eigenvalue weighted by atomic mass is 10.2. The molecule has 0 saturated heterocycles. The molecular formula is C20H19ClN4O4. The standard InChI is InChI=1S/C20H19ClN4O4/c1-3-28-17-12-14(11-16(21)20(17)27-2)9-10-19(26)29-13-18-22-23-24-25(18)15-7-5-4-6-8-15/h4-12H,3,13H2,1-2H3/b10-9+. The summed E-state index contributed by atoms with van der Waals surface area (Å²) in [4.78, 5) is 12.1. The normalized spacial score (nSPS) is 10.9. The number of hydrogen-bond acceptors (Lipinski definition) is 7. The van der Waals surface area contributed by atoms with Gasteiger partial charge in [-0.05, 0) is 53.3 Å². The zero-order valence-electron chi connectivity index (χ0n) is 15.9. The SMILES string of the molecule is CCOc1cc(/C=C/C(=O)OCc2nnnn2-c2ccccc2)cc(Cl)c1OC. The van der Waals surface area contributed by atoms with E-state index < -0.39 is 5.97 Å². The van der Waals surface area contributed by atoms with Crippen LogP contribution >= 0.6 is 11.6 Å². The molecule has 0 atom stereocenters. The van der Waals surface area contributed by atoms with Gasteiger partial charge >= 0.3 is 5.97 Å². The lowest BCUT2D eigenvalue weighted by molar-refractivity contribution is -0.139. The first-order chi connectivity index (χ1) is 14.1. The van der Waals surface area contributed by atoms with Gasteiger partial charge in [0.2, 0.25) is 0 Å². The highest BCUT2D eigenvalue weighted by Gasteiger charge is 2.12. The summed E-state index contributed by atoms with van der Waals surface area (Å²) in [5, 5.41) is 11.8. The molecule has 29 heavy (non-hydrogen) atoms. The van der Waals surface area contributed by atoms with Crippen LogP contribution in [0.15, 0.2) is 48.5 Å². The number of benzene rings is 2. The van der Waals surface area contributed by atoms with Crippen LogP contribution in [0.4, 0.5) is 0 Å². The topological polar surface area (TPSA) is 88.4 Å². The monoisotopic (exact) mass is 414 g/mol. The van der Waals surface area contributed by atoms with Crippen molar-refractivity contribution in [1.29, 1.82) is 0 Å². The average Bonchev–Trinajstić information content (AvgIpc) is 3.20. The van der Waals surface area contributed by atoms with Gasteiger partial charge in [-0.15, -0.1) is 5.10 Å². The fraction of sp³-hybridized carbons (Fsp3) is 0.200. The number of aromatic nitrogens is 4. The summed E-state index contributed by atoms with van der Waals surface area (Å²) >= 11 is 6.21. The molecule has 3 aromatic rings. The number of tetrazole rings is 1. The van der Waals surface area contributed by atoms with Crippen LogP contribution in [0.1, 0.15) is 18.3 Å². The van der Waals surface area contributed by atoms with Crippen molar-refractivity contribution >= 4 is 23.6 Å². The molecule has 3 rings (SSSR count). The van der Waals surface area contributed by atoms with E-state index in [4.69, 9.17) is 25.8 Å². The first-order valence-corrected chi connectivity index (χ1v) is 9.18. The van der Waals surface area contributed by atoms with Gasteiger partial charge < -0.3 is 14.2 Å². The molecule has 150 valence electrons. The number of halogens is 1. The number of esters is 1. The summed E-state index contributed by atoms with van der Waals surface area (Å²) in [6.45, 7) is 2.24. The molecule has 0 saturated carbocycles. The Hall–Kier alpha value is -3.39. The first-order valence-electron chi connectivity index (χ1n) is 8.80. The summed E-state index contributed by atoms with van der Waals surface area (Å²) < 4.78 is 17.5. The third-order valence-electron chi connectivity index (χ3n) is 3.83. The molecule has 0 radical (unpaired) electrons. The fourth-order valence-corrected chi connectivity index (χ4v) is 2.85. The molecule has 0 aliphatic rings. The maximum atomic E-state index is 12.1. The van der Waals surface area contributed by atoms with Crippen LogP contribution in [-0.4, -0.2) is 39.9 Å². The highest BCUT2D eigenvalue weighted by Crippen LogP contribution is 2.36. The lowest BCUT2D eigenvalue weighted by Crippen LogP contribution is -2.08. The van der Waals surface area contributed by atoms with Crippen molar-refractivity contribution in [1.82, 2.24) is 20.2 Å². The Kier molecular flexibility index (Phi) is 6.80. The summed E-state index contributed by atoms with van der Waals surface area (Å²) in [5.74, 6) is 0.806. The van der Waals surface area contributed by atoms with Crippen LogP contribution in [-0.2, 0) is 16.1 Å². The third-order valence-corrected chi connectivity index (χ3v) is 4.11. The van der Waals surface area contributed by atoms with Crippen LogP contribution in [0.2, 0.25) is 5.02 Å². The number of para-hydroxylation sites is 1. The molecule has 0 amide bonds. The van der Waals surface area contributed by atoms with Crippen LogP contribution in [0, 0.1) is 0 Å². The smallest absolute Gasteiger partial charge is 0.331 e. The molecule has 0 aliphatic carbocycles. The van der Waals surface area contributed by atoms with Gasteiger partial charge in [0.25, 0.3) is 0 Å². The zero-order chi connectivity index (χ0) is 20.6. The number of methoxy groups -OCH3 is 1. The van der Waals surface area contributed by atoms with Gasteiger partial charge in [-0.1, -0.05) is 29.8 Å². The Balaban J connectivity index is 1.66. The van der Waals surface area contributed by atoms with E-state index in [0.29, 0.717) is 34.5 Å². The van der Waals surface area contributed by atoms with Gasteiger partial charge in [0, 0.05) is 6.08 Å². The summed E-state index contributed by atoms with van der Waals surface area (Å²) in [5.41, 5.74) is 1.45. The van der Waals surface area contributed by atoms with E-state index in [0.717, 1.165) is 5.69 Å². The van der Waals surface area contributed by atoms with E-state index in [-0.39, 0.29) is 6.61 Å². The Morgan fingerprint density at radius 3 is 2.76 bits per heavy atom. The zero-order valence-corrected chi connectivity index (χ0v) is 16.7. The van der Waals surface area contributed by atoms with Crippen molar-refractivity contribution in [3.63, 3.8) is 0 Å². The largest absolute Gasteiger partial charge is 0.491 e. The molecule has 9 heteroatoms. The number of rotatable bonds is 8. The minimum atomic E-state index is -0.544. The Bertz CT molecular complexity index is 1000. The average molecular weight is 415 g/mol. The van der Waals surface area contributed by atoms with Crippen molar-refractivity contribution in [2.75, 3.05) is 13.7 Å². The minimum absolute atomic E-state index is 0.0708. The number of carbonyl (C=O) groups is 1. The van der Waals surface area contributed by atoms with Crippen molar-refractivity contribution < 1.29 is 19.0 Å². The van der Waals surface area contributed by atoms with Gasteiger partial charge in [0.15, 0.2) is 23.9 Å². The van der Waals surface area contributed by atoms with Crippen molar-refractivity contribution in [3.8, 4) is 17.2 Å². The molecule has 0 bridgehead atoms. The highest BCUT2D eigenvalue weighted by atomic mass is 35.5. The van der Waals surface area contributed by atoms with E-state index in [9.17, 15) is 4.79 Å². The van der Waals surface area contributed by atoms with E-state index in [1.807, 2.05) is 37.3 Å². The van der Waals surface area contributed by atoms with E-state index in [1.54, 1.807) is 18.2 Å². The van der Waals surface area contributed by atoms with Crippen LogP contribution in [0.5, 0.6) is 11.5 Å². The molecule has 0 spiro atoms. The minimum Gasteiger partial charge on any atom is -0.491 e. The van der Waals surface area contributed by atoms with E-state index >= 15 is 0 Å². The second kappa shape index (κ2) is 9.70. The third kappa shape index (κ3) is 5.11. The molecule has 0 unspecified atom stereocenters. The van der Waals surface area contributed by atoms with E-state index in [2.05, 4.69) is 15.5 Å². The van der Waals surface area contributed by atoms with Gasteiger partial charge in [0.05, 0.1) is 24.4 Å². The second-order valence-corrected chi connectivity index (χ2v) is 6.16. The Morgan fingerprint density at radius 1 is 1.24 bits per heavy atom. The highest BCUT2D eigenvalue weighted by molar-refractivity contribution is 6.32. The van der Waals surface area contributed by atoms with Crippen LogP contribution in [0.3, 0.4) is 0 Å². The lowest BCUT2D eigenvalue weighted by Gasteiger charge is -2.11. The number of nitrogens with zero attached hydrogens (tertiary/aromatic N) is 4. The van der Waals surface area contributed by atoms with Crippen LogP contribution in [0.25, 0.3) is 11.8 Å². The van der Waals surface area contributed by atoms with Crippen molar-refractivity contribution in [3.05, 3.63) is 65.0 Å². The van der Waals surface area contributed by atoms with Gasteiger partial charge in [0.1, 0.15) is 0 Å². The quantitative estimate of drug-likeness (QED) is 0.411. The molecular weight excluding hydrogens is 396 g/mol. The number of ether oxygens (including phenoxy) is 3. The Morgan fingerprint density at radius 2 is 2.03 bits per heavy atom. The number of hydrogen-bond donors (Lipinski definition) is 0. The van der Waals surface area contributed by atoms with E-state index in [1.165, 1.54) is 17.9 Å². The summed E-state index contributed by atoms with van der Waals surface area (Å²) in [6, 6.07) is 12.7. The predicted octanol–water partition coefficient (Wildman–Crippen LogP) is 3.48. The van der Waals surface area contributed by atoms with Gasteiger partial charge in [-0.2, -0.15) is 4.68 Å². The molecule has 8 nitrogen and oxygen atoms in total. The van der Waals surface area contributed by atoms with Crippen molar-refractivity contribution in [2.24, 2.45) is 0 Å². The predicted molar refractivity (Wildman–Crippen MR) is 107 cm³/mol. The maximum absolute atomic E-state index is 12.1. The molecule has 0 N–H and O–H groups in total. The van der Waals surface area contributed by atoms with Crippen molar-refractivity contribution in [2.45, 2.75) is 13.5 Å². The second-order valence-electron chi connectivity index (χ2n) is 5.75. The van der Waals surface area contributed by atoms with Gasteiger partial charge in [-0.3, -0.25) is 0 Å². The molecule has 0 aliphatic heterocycles. The Labute approximate surface area is 172 Å². The van der Waals surface area contributed by atoms with Crippen LogP contribution < -0.4 is 9.47 Å². The molecule has 1 heterocycles. The molecule has 1 aromatic heterocycles. The van der Waals surface area contributed by atoms with Gasteiger partial charge in [-0.25, -0.2) is 4.79 Å². The maximum Gasteiger partial charge on any atom is 0.331 e. The number of carbonyl (C=O) groups excluding carboxylic acids is 1.